The number of aromatic nitrogens is 2. The van der Waals surface area contributed by atoms with E-state index in [-0.39, 0.29) is 12.1 Å². The summed E-state index contributed by atoms with van der Waals surface area (Å²) in [6.07, 6.45) is 8.48. The predicted octanol–water partition coefficient (Wildman–Crippen LogP) is 1.17. The van der Waals surface area contributed by atoms with Gasteiger partial charge in [0.1, 0.15) is 6.33 Å². The first-order valence-corrected chi connectivity index (χ1v) is 5.70. The third kappa shape index (κ3) is 2.24. The molecule has 2 rings (SSSR count). The lowest BCUT2D eigenvalue weighted by Gasteiger charge is -2.37. The van der Waals surface area contributed by atoms with Crippen molar-refractivity contribution in [3.05, 3.63) is 12.5 Å². The third-order valence-corrected chi connectivity index (χ3v) is 3.24. The number of rotatable bonds is 3. The van der Waals surface area contributed by atoms with E-state index < -0.39 is 0 Å². The van der Waals surface area contributed by atoms with Crippen LogP contribution in [0.4, 0.5) is 11.5 Å². The number of nitrogens with two attached hydrogens (primary N) is 1. The molecule has 0 spiro atoms. The van der Waals surface area contributed by atoms with E-state index in [0.717, 1.165) is 25.7 Å². The molecule has 0 aromatic carbocycles. The Kier molecular flexibility index (Phi) is 3.24. The molecule has 0 atom stereocenters. The summed E-state index contributed by atoms with van der Waals surface area (Å²) in [6, 6.07) is 0. The van der Waals surface area contributed by atoms with Crippen LogP contribution in [-0.4, -0.2) is 27.2 Å². The van der Waals surface area contributed by atoms with Gasteiger partial charge in [0.05, 0.1) is 24.0 Å². The molecule has 88 valence electrons. The van der Waals surface area contributed by atoms with Crippen LogP contribution in [0, 0.1) is 0 Å². The van der Waals surface area contributed by atoms with Gasteiger partial charge in [0.25, 0.3) is 0 Å². The van der Waals surface area contributed by atoms with Crippen molar-refractivity contribution in [1.82, 2.24) is 9.97 Å². The van der Waals surface area contributed by atoms with Gasteiger partial charge in [0.2, 0.25) is 0 Å². The summed E-state index contributed by atoms with van der Waals surface area (Å²) in [7, 11) is 0. The number of nitrogens with one attached hydrogen (secondary N) is 1. The maximum Gasteiger partial charge on any atom is 0.153 e. The van der Waals surface area contributed by atoms with Crippen molar-refractivity contribution in [3.8, 4) is 0 Å². The minimum absolute atomic E-state index is 0.121. The van der Waals surface area contributed by atoms with Crippen LogP contribution in [0.3, 0.4) is 0 Å². The minimum Gasteiger partial charge on any atom is -0.394 e. The highest BCUT2D eigenvalue weighted by Crippen LogP contribution is 2.31. The summed E-state index contributed by atoms with van der Waals surface area (Å²) in [6.45, 7) is 0.121. The minimum atomic E-state index is -0.249. The quantitative estimate of drug-likeness (QED) is 0.715. The summed E-state index contributed by atoms with van der Waals surface area (Å²) in [5.41, 5.74) is 6.06. The molecule has 5 heteroatoms. The molecule has 0 aliphatic heterocycles. The molecule has 16 heavy (non-hydrogen) atoms. The van der Waals surface area contributed by atoms with Crippen molar-refractivity contribution < 1.29 is 5.11 Å². The summed E-state index contributed by atoms with van der Waals surface area (Å²) in [5, 5.41) is 12.8. The van der Waals surface area contributed by atoms with E-state index in [1.54, 1.807) is 6.20 Å². The van der Waals surface area contributed by atoms with Crippen LogP contribution in [0.5, 0.6) is 0 Å². The van der Waals surface area contributed by atoms with Crippen molar-refractivity contribution in [1.29, 1.82) is 0 Å². The van der Waals surface area contributed by atoms with Crippen molar-refractivity contribution in [2.24, 2.45) is 0 Å². The Morgan fingerprint density at radius 3 is 2.75 bits per heavy atom. The molecule has 1 aliphatic carbocycles. The van der Waals surface area contributed by atoms with Crippen molar-refractivity contribution in [2.75, 3.05) is 17.7 Å². The van der Waals surface area contributed by atoms with Gasteiger partial charge in [0.15, 0.2) is 5.82 Å². The Bertz CT molecular complexity index is 350. The normalized spacial score (nSPS) is 19.3. The second-order valence-corrected chi connectivity index (χ2v) is 4.45. The Morgan fingerprint density at radius 2 is 2.12 bits per heavy atom. The highest BCUT2D eigenvalue weighted by molar-refractivity contribution is 5.60. The molecule has 1 aromatic rings. The first-order chi connectivity index (χ1) is 7.76. The van der Waals surface area contributed by atoms with Gasteiger partial charge >= 0.3 is 0 Å². The van der Waals surface area contributed by atoms with E-state index in [2.05, 4.69) is 15.3 Å². The molecule has 1 fully saturated rings. The molecule has 1 heterocycles. The fourth-order valence-corrected chi connectivity index (χ4v) is 2.25. The number of aliphatic hydroxyl groups is 1. The van der Waals surface area contributed by atoms with Crippen molar-refractivity contribution >= 4 is 11.5 Å². The van der Waals surface area contributed by atoms with Gasteiger partial charge in [-0.05, 0) is 12.8 Å². The van der Waals surface area contributed by atoms with Crippen LogP contribution < -0.4 is 11.1 Å². The second-order valence-electron chi connectivity index (χ2n) is 4.45. The molecule has 5 nitrogen and oxygen atoms in total. The zero-order valence-corrected chi connectivity index (χ0v) is 9.32. The number of anilines is 2. The largest absolute Gasteiger partial charge is 0.394 e. The van der Waals surface area contributed by atoms with Gasteiger partial charge < -0.3 is 16.2 Å². The lowest BCUT2D eigenvalue weighted by Crippen LogP contribution is -2.44. The number of hydrogen-bond acceptors (Lipinski definition) is 5. The molecule has 0 amide bonds. The van der Waals surface area contributed by atoms with Gasteiger partial charge in [-0.2, -0.15) is 0 Å². The van der Waals surface area contributed by atoms with Crippen LogP contribution in [0.25, 0.3) is 0 Å². The average Bonchev–Trinajstić information content (AvgIpc) is 2.33. The summed E-state index contributed by atoms with van der Waals surface area (Å²) < 4.78 is 0. The zero-order valence-electron chi connectivity index (χ0n) is 9.32. The Labute approximate surface area is 95.1 Å². The Morgan fingerprint density at radius 1 is 1.38 bits per heavy atom. The molecule has 0 unspecified atom stereocenters. The predicted molar refractivity (Wildman–Crippen MR) is 63.0 cm³/mol. The topological polar surface area (TPSA) is 84.1 Å². The lowest BCUT2D eigenvalue weighted by molar-refractivity contribution is 0.172. The summed E-state index contributed by atoms with van der Waals surface area (Å²) >= 11 is 0. The van der Waals surface area contributed by atoms with Crippen LogP contribution in [0.1, 0.15) is 32.1 Å². The molecule has 1 saturated carbocycles. The molecular weight excluding hydrogens is 204 g/mol. The molecule has 0 bridgehead atoms. The second kappa shape index (κ2) is 4.65. The highest BCUT2D eigenvalue weighted by Gasteiger charge is 2.31. The highest BCUT2D eigenvalue weighted by atomic mass is 16.3. The first-order valence-electron chi connectivity index (χ1n) is 5.70. The molecule has 0 radical (unpaired) electrons. The maximum absolute atomic E-state index is 9.55. The fraction of sp³-hybridized carbons (Fsp3) is 0.636. The summed E-state index contributed by atoms with van der Waals surface area (Å²) in [5.74, 6) is 0.631. The maximum atomic E-state index is 9.55. The van der Waals surface area contributed by atoms with Crippen LogP contribution in [0.15, 0.2) is 12.5 Å². The molecule has 4 N–H and O–H groups in total. The van der Waals surface area contributed by atoms with E-state index in [4.69, 9.17) is 5.73 Å². The third-order valence-electron chi connectivity index (χ3n) is 3.24. The molecular formula is C11H18N4O. The standard InChI is InChI=1S/C11H18N4O/c12-9-6-13-8-14-10(9)15-11(7-16)4-2-1-3-5-11/h6,8,16H,1-5,7,12H2,(H,13,14,15). The van der Waals surface area contributed by atoms with Crippen molar-refractivity contribution in [3.63, 3.8) is 0 Å². The van der Waals surface area contributed by atoms with Gasteiger partial charge in [-0.3, -0.25) is 0 Å². The molecule has 1 aromatic heterocycles. The fourth-order valence-electron chi connectivity index (χ4n) is 2.25. The van der Waals surface area contributed by atoms with Gasteiger partial charge in [0, 0.05) is 0 Å². The average molecular weight is 222 g/mol. The molecule has 0 saturated heterocycles. The smallest absolute Gasteiger partial charge is 0.153 e. The van der Waals surface area contributed by atoms with E-state index in [0.29, 0.717) is 11.5 Å². The van der Waals surface area contributed by atoms with Gasteiger partial charge in [-0.1, -0.05) is 19.3 Å². The van der Waals surface area contributed by atoms with E-state index in [1.807, 2.05) is 0 Å². The Hall–Kier alpha value is -1.36. The number of nitrogens with zero attached hydrogens (tertiary/aromatic N) is 2. The first kappa shape index (κ1) is 11.1. The van der Waals surface area contributed by atoms with Crippen LogP contribution >= 0.6 is 0 Å². The van der Waals surface area contributed by atoms with E-state index in [9.17, 15) is 5.11 Å². The molecule has 1 aliphatic rings. The van der Waals surface area contributed by atoms with Gasteiger partial charge in [-0.25, -0.2) is 9.97 Å². The number of nitrogen functional groups attached to an aromatic ring is 1. The van der Waals surface area contributed by atoms with E-state index in [1.165, 1.54) is 12.7 Å². The van der Waals surface area contributed by atoms with Gasteiger partial charge in [-0.15, -0.1) is 0 Å². The SMILES string of the molecule is Nc1cncnc1NC1(CO)CCCCC1. The monoisotopic (exact) mass is 222 g/mol. The van der Waals surface area contributed by atoms with E-state index >= 15 is 0 Å². The summed E-state index contributed by atoms with van der Waals surface area (Å²) in [4.78, 5) is 7.95. The zero-order chi connectivity index (χ0) is 11.4. The van der Waals surface area contributed by atoms with Crippen LogP contribution in [-0.2, 0) is 0 Å². The lowest BCUT2D eigenvalue weighted by atomic mass is 9.82. The number of aliphatic hydroxyl groups excluding tert-OH is 1. The van der Waals surface area contributed by atoms with Crippen LogP contribution in [0.2, 0.25) is 0 Å². The number of hydrogen-bond donors (Lipinski definition) is 3. The van der Waals surface area contributed by atoms with Crippen molar-refractivity contribution in [2.45, 2.75) is 37.6 Å². The Balaban J connectivity index is 2.15.